The molecule has 0 atom stereocenters. The van der Waals surface area contributed by atoms with Crippen LogP contribution >= 0.6 is 22.9 Å². The van der Waals surface area contributed by atoms with E-state index in [1.807, 2.05) is 42.5 Å². The molecular formula is C19H16ClN3OS. The van der Waals surface area contributed by atoms with E-state index in [0.717, 1.165) is 28.4 Å². The quantitative estimate of drug-likeness (QED) is 0.734. The highest BCUT2D eigenvalue weighted by Crippen LogP contribution is 2.37. The number of benzene rings is 2. The summed E-state index contributed by atoms with van der Waals surface area (Å²) in [7, 11) is 0. The van der Waals surface area contributed by atoms with Crippen LogP contribution in [0.25, 0.3) is 10.6 Å². The molecule has 0 unspecified atom stereocenters. The van der Waals surface area contributed by atoms with E-state index in [0.29, 0.717) is 10.9 Å². The molecule has 1 aliphatic carbocycles. The Morgan fingerprint density at radius 3 is 2.48 bits per heavy atom. The lowest BCUT2D eigenvalue weighted by Gasteiger charge is -2.36. The van der Waals surface area contributed by atoms with Crippen LogP contribution in [0.15, 0.2) is 54.6 Å². The van der Waals surface area contributed by atoms with Crippen molar-refractivity contribution in [1.82, 2.24) is 15.5 Å². The highest BCUT2D eigenvalue weighted by atomic mass is 35.5. The largest absolute Gasteiger partial charge is 0.347 e. The second-order valence-corrected chi connectivity index (χ2v) is 7.58. The van der Waals surface area contributed by atoms with E-state index in [1.54, 1.807) is 0 Å². The van der Waals surface area contributed by atoms with Crippen molar-refractivity contribution in [1.29, 1.82) is 0 Å². The summed E-state index contributed by atoms with van der Waals surface area (Å²) in [6.07, 6.45) is 1.88. The molecule has 0 saturated heterocycles. The summed E-state index contributed by atoms with van der Waals surface area (Å²) in [5, 5.41) is 13.1. The molecule has 25 heavy (non-hydrogen) atoms. The molecule has 4 nitrogen and oxygen atoms in total. The predicted octanol–water partition coefficient (Wildman–Crippen LogP) is 4.53. The molecule has 0 spiro atoms. The minimum atomic E-state index is -0.140. The normalized spacial score (nSPS) is 19.2. The third kappa shape index (κ3) is 3.57. The van der Waals surface area contributed by atoms with Crippen molar-refractivity contribution in [3.8, 4) is 10.6 Å². The zero-order valence-corrected chi connectivity index (χ0v) is 14.9. The second-order valence-electron chi connectivity index (χ2n) is 6.17. The standard InChI is InChI=1S/C19H16ClN3OS/c20-15-8-6-12(7-9-15)14-10-16(11-14)21-17(24)19-23-22-18(25-19)13-4-2-1-3-5-13/h1-9,14,16H,10-11H2,(H,21,24). The molecule has 1 heterocycles. The average molecular weight is 370 g/mol. The molecule has 126 valence electrons. The van der Waals surface area contributed by atoms with Gasteiger partial charge in [0.15, 0.2) is 0 Å². The third-order valence-electron chi connectivity index (χ3n) is 4.45. The molecule has 6 heteroatoms. The van der Waals surface area contributed by atoms with Crippen LogP contribution in [0.3, 0.4) is 0 Å². The molecule has 2 aromatic carbocycles. The topological polar surface area (TPSA) is 54.9 Å². The van der Waals surface area contributed by atoms with Crippen molar-refractivity contribution in [2.75, 3.05) is 0 Å². The minimum Gasteiger partial charge on any atom is -0.347 e. The van der Waals surface area contributed by atoms with Crippen molar-refractivity contribution < 1.29 is 4.79 Å². The molecule has 1 saturated carbocycles. The number of hydrogen-bond acceptors (Lipinski definition) is 4. The van der Waals surface area contributed by atoms with Gasteiger partial charge in [-0.1, -0.05) is 65.4 Å². The SMILES string of the molecule is O=C(NC1CC(c2ccc(Cl)cc2)C1)c1nnc(-c2ccccc2)s1. The lowest BCUT2D eigenvalue weighted by Crippen LogP contribution is -2.43. The number of halogens is 1. The van der Waals surface area contributed by atoms with Crippen molar-refractivity contribution in [2.24, 2.45) is 0 Å². The number of amides is 1. The van der Waals surface area contributed by atoms with Crippen LogP contribution < -0.4 is 5.32 Å². The summed E-state index contributed by atoms with van der Waals surface area (Å²) < 4.78 is 0. The highest BCUT2D eigenvalue weighted by Gasteiger charge is 2.32. The fraction of sp³-hybridized carbons (Fsp3) is 0.211. The van der Waals surface area contributed by atoms with E-state index < -0.39 is 0 Å². The number of carbonyl (C=O) groups excluding carboxylic acids is 1. The van der Waals surface area contributed by atoms with Crippen molar-refractivity contribution in [2.45, 2.75) is 24.8 Å². The lowest BCUT2D eigenvalue weighted by atomic mass is 9.76. The first kappa shape index (κ1) is 16.2. The average Bonchev–Trinajstić information content (AvgIpc) is 3.10. The Kier molecular flexibility index (Phi) is 4.51. The summed E-state index contributed by atoms with van der Waals surface area (Å²) in [5.41, 5.74) is 2.25. The first-order valence-corrected chi connectivity index (χ1v) is 9.34. The molecule has 0 radical (unpaired) electrons. The van der Waals surface area contributed by atoms with Gasteiger partial charge < -0.3 is 5.32 Å². The van der Waals surface area contributed by atoms with E-state index in [9.17, 15) is 4.79 Å². The Balaban J connectivity index is 1.34. The van der Waals surface area contributed by atoms with E-state index in [2.05, 4.69) is 27.6 Å². The predicted molar refractivity (Wildman–Crippen MR) is 100 cm³/mol. The lowest BCUT2D eigenvalue weighted by molar-refractivity contribution is 0.0908. The smallest absolute Gasteiger partial charge is 0.282 e. The first-order valence-electron chi connectivity index (χ1n) is 8.14. The Labute approximate surface area is 154 Å². The second kappa shape index (κ2) is 6.94. The van der Waals surface area contributed by atoms with Crippen LogP contribution in [-0.4, -0.2) is 22.1 Å². The van der Waals surface area contributed by atoms with Gasteiger partial charge in [0.1, 0.15) is 5.01 Å². The summed E-state index contributed by atoms with van der Waals surface area (Å²) in [5.74, 6) is 0.344. The van der Waals surface area contributed by atoms with Crippen LogP contribution in [0.1, 0.15) is 34.1 Å². The van der Waals surface area contributed by atoms with Crippen LogP contribution in [0.2, 0.25) is 5.02 Å². The maximum Gasteiger partial charge on any atom is 0.282 e. The van der Waals surface area contributed by atoms with Gasteiger partial charge >= 0.3 is 0 Å². The van der Waals surface area contributed by atoms with Gasteiger partial charge in [-0.15, -0.1) is 10.2 Å². The van der Waals surface area contributed by atoms with E-state index >= 15 is 0 Å². The zero-order chi connectivity index (χ0) is 17.2. The van der Waals surface area contributed by atoms with E-state index in [4.69, 9.17) is 11.6 Å². The van der Waals surface area contributed by atoms with Gasteiger partial charge in [-0.2, -0.15) is 0 Å². The Bertz CT molecular complexity index is 873. The number of rotatable bonds is 4. The summed E-state index contributed by atoms with van der Waals surface area (Å²) in [6, 6.07) is 17.9. The molecular weight excluding hydrogens is 354 g/mol. The Morgan fingerprint density at radius 2 is 1.76 bits per heavy atom. The van der Waals surface area contributed by atoms with Gasteiger partial charge in [-0.25, -0.2) is 0 Å². The first-order chi connectivity index (χ1) is 12.2. The molecule has 4 rings (SSSR count). The van der Waals surface area contributed by atoms with Gasteiger partial charge in [0.2, 0.25) is 5.01 Å². The number of nitrogens with one attached hydrogen (secondary N) is 1. The van der Waals surface area contributed by atoms with Gasteiger partial charge in [0.05, 0.1) is 0 Å². The van der Waals surface area contributed by atoms with E-state index in [1.165, 1.54) is 16.9 Å². The molecule has 1 fully saturated rings. The highest BCUT2D eigenvalue weighted by molar-refractivity contribution is 7.16. The van der Waals surface area contributed by atoms with Crippen molar-refractivity contribution >= 4 is 28.8 Å². The number of carbonyl (C=O) groups is 1. The number of nitrogens with zero attached hydrogens (tertiary/aromatic N) is 2. The van der Waals surface area contributed by atoms with Crippen LogP contribution in [-0.2, 0) is 0 Å². The molecule has 0 aliphatic heterocycles. The fourth-order valence-electron chi connectivity index (χ4n) is 3.00. The zero-order valence-electron chi connectivity index (χ0n) is 13.4. The number of aromatic nitrogens is 2. The monoisotopic (exact) mass is 369 g/mol. The Hall–Kier alpha value is -2.24. The molecule has 3 aromatic rings. The van der Waals surface area contributed by atoms with Crippen LogP contribution in [0, 0.1) is 0 Å². The maximum atomic E-state index is 12.4. The molecule has 1 aliphatic rings. The van der Waals surface area contributed by atoms with Crippen LogP contribution in [0.4, 0.5) is 0 Å². The summed E-state index contributed by atoms with van der Waals surface area (Å²) in [6.45, 7) is 0. The van der Waals surface area contributed by atoms with Gasteiger partial charge in [0.25, 0.3) is 5.91 Å². The molecule has 0 bridgehead atoms. The van der Waals surface area contributed by atoms with Crippen molar-refractivity contribution in [3.63, 3.8) is 0 Å². The molecule has 1 amide bonds. The van der Waals surface area contributed by atoms with Gasteiger partial charge in [-0.3, -0.25) is 4.79 Å². The van der Waals surface area contributed by atoms with Gasteiger partial charge in [-0.05, 0) is 36.5 Å². The van der Waals surface area contributed by atoms with Gasteiger partial charge in [0, 0.05) is 16.6 Å². The third-order valence-corrected chi connectivity index (χ3v) is 5.68. The van der Waals surface area contributed by atoms with Crippen molar-refractivity contribution in [3.05, 3.63) is 70.2 Å². The van der Waals surface area contributed by atoms with Crippen LogP contribution in [0.5, 0.6) is 0 Å². The molecule has 1 N–H and O–H groups in total. The Morgan fingerprint density at radius 1 is 1.04 bits per heavy atom. The fourth-order valence-corrected chi connectivity index (χ4v) is 3.88. The summed E-state index contributed by atoms with van der Waals surface area (Å²) in [4.78, 5) is 12.4. The summed E-state index contributed by atoms with van der Waals surface area (Å²) >= 11 is 7.24. The maximum absolute atomic E-state index is 12.4. The molecule has 1 aromatic heterocycles. The van der Waals surface area contributed by atoms with E-state index in [-0.39, 0.29) is 11.9 Å². The minimum absolute atomic E-state index is 0.140. The number of hydrogen-bond donors (Lipinski definition) is 1.